The van der Waals surface area contributed by atoms with Crippen molar-refractivity contribution in [2.45, 2.75) is 5.92 Å². The number of nitrogens with one attached hydrogen (secondary N) is 1. The topological polar surface area (TPSA) is 50.7 Å². The molecular weight excluding hydrogens is 348 g/mol. The number of hydrazone groups is 1. The van der Waals surface area contributed by atoms with Crippen molar-refractivity contribution >= 4 is 12.1 Å². The quantitative estimate of drug-likeness (QED) is 0.360. The summed E-state index contributed by atoms with van der Waals surface area (Å²) in [6, 6.07) is 26.8. The minimum atomic E-state index is -0.429. The highest BCUT2D eigenvalue weighted by Gasteiger charge is 2.22. The van der Waals surface area contributed by atoms with Crippen molar-refractivity contribution in [2.24, 2.45) is 5.10 Å². The van der Waals surface area contributed by atoms with E-state index in [-0.39, 0.29) is 5.91 Å². The van der Waals surface area contributed by atoms with Gasteiger partial charge in [-0.05, 0) is 28.8 Å². The van der Waals surface area contributed by atoms with E-state index in [0.717, 1.165) is 22.4 Å². The van der Waals surface area contributed by atoms with Crippen LogP contribution in [0.5, 0.6) is 5.75 Å². The number of ether oxygens (including phenoxy) is 1. The van der Waals surface area contributed by atoms with E-state index in [0.29, 0.717) is 6.61 Å². The Hall–Kier alpha value is -3.66. The van der Waals surface area contributed by atoms with Gasteiger partial charge in [0.05, 0.1) is 12.1 Å². The lowest BCUT2D eigenvalue weighted by atomic mass is 9.91. The molecule has 1 amide bonds. The first-order chi connectivity index (χ1) is 13.8. The van der Waals surface area contributed by atoms with Gasteiger partial charge in [0.2, 0.25) is 0 Å². The number of hydrogen-bond acceptors (Lipinski definition) is 3. The summed E-state index contributed by atoms with van der Waals surface area (Å²) in [4.78, 5) is 12.9. The Balaban J connectivity index is 1.74. The second-order valence-electron chi connectivity index (χ2n) is 6.16. The molecule has 0 unspecified atom stereocenters. The van der Waals surface area contributed by atoms with Crippen molar-refractivity contribution in [1.29, 1.82) is 0 Å². The Morgan fingerprint density at radius 1 is 0.964 bits per heavy atom. The van der Waals surface area contributed by atoms with Gasteiger partial charge in [0.15, 0.2) is 0 Å². The lowest BCUT2D eigenvalue weighted by molar-refractivity contribution is -0.121. The molecule has 1 N–H and O–H groups in total. The number of carbonyl (C=O) groups is 1. The molecule has 4 nitrogen and oxygen atoms in total. The molecule has 0 saturated heterocycles. The van der Waals surface area contributed by atoms with Gasteiger partial charge >= 0.3 is 0 Å². The fourth-order valence-electron chi connectivity index (χ4n) is 2.86. The van der Waals surface area contributed by atoms with Gasteiger partial charge in [-0.25, -0.2) is 5.43 Å². The minimum absolute atomic E-state index is 0.187. The molecule has 0 heterocycles. The van der Waals surface area contributed by atoms with Gasteiger partial charge in [0.25, 0.3) is 5.91 Å². The lowest BCUT2D eigenvalue weighted by Crippen LogP contribution is -2.26. The van der Waals surface area contributed by atoms with Gasteiger partial charge in [-0.1, -0.05) is 85.5 Å². The van der Waals surface area contributed by atoms with Crippen molar-refractivity contribution in [3.8, 4) is 5.75 Å². The van der Waals surface area contributed by atoms with Crippen LogP contribution in [0, 0.1) is 0 Å². The summed E-state index contributed by atoms with van der Waals surface area (Å²) in [5.41, 5.74) is 5.33. The van der Waals surface area contributed by atoms with Gasteiger partial charge < -0.3 is 4.74 Å². The van der Waals surface area contributed by atoms with Gasteiger partial charge in [-0.15, -0.1) is 0 Å². The maximum Gasteiger partial charge on any atom is 0.252 e. The third kappa shape index (κ3) is 5.17. The molecular formula is C24H22N2O2. The molecule has 3 aromatic carbocycles. The molecule has 0 radical (unpaired) electrons. The zero-order chi connectivity index (χ0) is 19.6. The van der Waals surface area contributed by atoms with Crippen LogP contribution in [0.1, 0.15) is 22.6 Å². The first kappa shape index (κ1) is 19.1. The molecule has 0 atom stereocenters. The number of hydrogen-bond donors (Lipinski definition) is 1. The van der Waals surface area contributed by atoms with Crippen LogP contribution in [0.15, 0.2) is 103 Å². The third-order valence-corrected chi connectivity index (χ3v) is 4.14. The standard InChI is InChI=1S/C24H22N2O2/c1-2-16-28-22-15-9-10-19(17-22)18-25-26-24(27)23(20-11-5-3-6-12-20)21-13-7-4-8-14-21/h2-15,17-18,23H,1,16H2,(H,26,27)/b25-18+. The summed E-state index contributed by atoms with van der Waals surface area (Å²) in [6.07, 6.45) is 3.29. The largest absolute Gasteiger partial charge is 0.490 e. The predicted molar refractivity (Wildman–Crippen MR) is 113 cm³/mol. The number of nitrogens with zero attached hydrogens (tertiary/aromatic N) is 1. The Bertz CT molecular complexity index is 898. The molecule has 0 saturated carbocycles. The summed E-state index contributed by atoms with van der Waals surface area (Å²) in [5.74, 6) is 0.108. The fourth-order valence-corrected chi connectivity index (χ4v) is 2.86. The predicted octanol–water partition coefficient (Wildman–Crippen LogP) is 4.53. The van der Waals surface area contributed by atoms with Crippen molar-refractivity contribution in [3.63, 3.8) is 0 Å². The summed E-state index contributed by atoms with van der Waals surface area (Å²) in [6.45, 7) is 4.07. The maximum absolute atomic E-state index is 12.9. The SMILES string of the molecule is C=CCOc1cccc(/C=N/NC(=O)C(c2ccccc2)c2ccccc2)c1. The normalized spacial score (nSPS) is 10.8. The lowest BCUT2D eigenvalue weighted by Gasteiger charge is -2.16. The first-order valence-electron chi connectivity index (χ1n) is 9.04. The summed E-state index contributed by atoms with van der Waals surface area (Å²) >= 11 is 0. The van der Waals surface area contributed by atoms with Crippen LogP contribution in [-0.4, -0.2) is 18.7 Å². The van der Waals surface area contributed by atoms with E-state index in [1.165, 1.54) is 0 Å². The Morgan fingerprint density at radius 3 is 2.21 bits per heavy atom. The van der Waals surface area contributed by atoms with Gasteiger partial charge in [-0.3, -0.25) is 4.79 Å². The fraction of sp³-hybridized carbons (Fsp3) is 0.0833. The van der Waals surface area contributed by atoms with Crippen LogP contribution in [0.3, 0.4) is 0 Å². The van der Waals surface area contributed by atoms with E-state index in [1.54, 1.807) is 12.3 Å². The van der Waals surface area contributed by atoms with Crippen molar-refractivity contribution < 1.29 is 9.53 Å². The smallest absolute Gasteiger partial charge is 0.252 e. The van der Waals surface area contributed by atoms with Crippen LogP contribution in [0.2, 0.25) is 0 Å². The average molecular weight is 370 g/mol. The highest BCUT2D eigenvalue weighted by atomic mass is 16.5. The number of rotatable bonds is 8. The highest BCUT2D eigenvalue weighted by Crippen LogP contribution is 2.24. The van der Waals surface area contributed by atoms with E-state index >= 15 is 0 Å². The van der Waals surface area contributed by atoms with Crippen LogP contribution in [0.4, 0.5) is 0 Å². The van der Waals surface area contributed by atoms with Crippen molar-refractivity contribution in [2.75, 3.05) is 6.61 Å². The molecule has 0 aliphatic carbocycles. The molecule has 4 heteroatoms. The molecule has 0 aliphatic heterocycles. The molecule has 0 spiro atoms. The summed E-state index contributed by atoms with van der Waals surface area (Å²) in [5, 5.41) is 4.13. The van der Waals surface area contributed by atoms with Crippen molar-refractivity contribution in [3.05, 3.63) is 114 Å². The Labute approximate surface area is 165 Å². The average Bonchev–Trinajstić information content (AvgIpc) is 2.74. The van der Waals surface area contributed by atoms with Crippen LogP contribution >= 0.6 is 0 Å². The van der Waals surface area contributed by atoms with E-state index in [4.69, 9.17) is 4.74 Å². The molecule has 140 valence electrons. The number of benzene rings is 3. The zero-order valence-corrected chi connectivity index (χ0v) is 15.5. The van der Waals surface area contributed by atoms with Gasteiger partial charge in [-0.2, -0.15) is 5.10 Å². The van der Waals surface area contributed by atoms with Crippen LogP contribution < -0.4 is 10.2 Å². The van der Waals surface area contributed by atoms with Gasteiger partial charge in [0, 0.05) is 0 Å². The minimum Gasteiger partial charge on any atom is -0.490 e. The highest BCUT2D eigenvalue weighted by molar-refractivity contribution is 5.88. The molecule has 0 aliphatic rings. The molecule has 0 fully saturated rings. The summed E-state index contributed by atoms with van der Waals surface area (Å²) < 4.78 is 5.51. The molecule has 0 aromatic heterocycles. The molecule has 3 aromatic rings. The van der Waals surface area contributed by atoms with Gasteiger partial charge in [0.1, 0.15) is 12.4 Å². The number of amides is 1. The maximum atomic E-state index is 12.9. The van der Waals surface area contributed by atoms with E-state index in [1.807, 2.05) is 84.9 Å². The second-order valence-corrected chi connectivity index (χ2v) is 6.16. The Kier molecular flexibility index (Phi) is 6.74. The first-order valence-corrected chi connectivity index (χ1v) is 9.04. The van der Waals surface area contributed by atoms with E-state index in [9.17, 15) is 4.79 Å². The van der Waals surface area contributed by atoms with Crippen LogP contribution in [-0.2, 0) is 4.79 Å². The molecule has 28 heavy (non-hydrogen) atoms. The number of carbonyl (C=O) groups excluding carboxylic acids is 1. The zero-order valence-electron chi connectivity index (χ0n) is 15.5. The third-order valence-electron chi connectivity index (χ3n) is 4.14. The van der Waals surface area contributed by atoms with Crippen molar-refractivity contribution in [1.82, 2.24) is 5.43 Å². The van der Waals surface area contributed by atoms with E-state index in [2.05, 4.69) is 17.1 Å². The molecule has 0 bridgehead atoms. The molecule has 3 rings (SSSR count). The summed E-state index contributed by atoms with van der Waals surface area (Å²) in [7, 11) is 0. The second kappa shape index (κ2) is 9.88. The monoisotopic (exact) mass is 370 g/mol. The van der Waals surface area contributed by atoms with Crippen LogP contribution in [0.25, 0.3) is 0 Å². The van der Waals surface area contributed by atoms with E-state index < -0.39 is 5.92 Å². The Morgan fingerprint density at radius 2 is 1.61 bits per heavy atom.